The molecule has 6 nitrogen and oxygen atoms in total. The van der Waals surface area contributed by atoms with Gasteiger partial charge in [-0.3, -0.25) is 0 Å². The molecule has 1 amide bonds. The maximum Gasteiger partial charge on any atom is 0.408 e. The van der Waals surface area contributed by atoms with Crippen LogP contribution in [0.25, 0.3) is 0 Å². The van der Waals surface area contributed by atoms with Crippen LogP contribution in [0.2, 0.25) is 0 Å². The average molecular weight is 261 g/mol. The first-order valence-corrected chi connectivity index (χ1v) is 6.06. The van der Waals surface area contributed by atoms with Crippen LogP contribution in [0.3, 0.4) is 0 Å². The molecular formula is C12H23NO5. The summed E-state index contributed by atoms with van der Waals surface area (Å²) >= 11 is 0. The summed E-state index contributed by atoms with van der Waals surface area (Å²) in [7, 11) is 0. The summed E-state index contributed by atoms with van der Waals surface area (Å²) in [4.78, 5) is 22.3. The van der Waals surface area contributed by atoms with Gasteiger partial charge >= 0.3 is 12.1 Å². The fourth-order valence-electron chi connectivity index (χ4n) is 1.07. The second-order valence-electron chi connectivity index (χ2n) is 4.97. The first kappa shape index (κ1) is 16.7. The zero-order valence-corrected chi connectivity index (χ0v) is 11.5. The Kier molecular flexibility index (Phi) is 7.35. The Morgan fingerprint density at radius 3 is 2.39 bits per heavy atom. The van der Waals surface area contributed by atoms with E-state index in [1.165, 1.54) is 0 Å². The van der Waals surface area contributed by atoms with E-state index in [1.807, 2.05) is 6.92 Å². The third-order valence-corrected chi connectivity index (χ3v) is 1.92. The molecule has 2 N–H and O–H groups in total. The van der Waals surface area contributed by atoms with E-state index in [-0.39, 0.29) is 6.61 Å². The van der Waals surface area contributed by atoms with Crippen LogP contribution in [0.1, 0.15) is 40.5 Å². The Morgan fingerprint density at radius 1 is 1.33 bits per heavy atom. The van der Waals surface area contributed by atoms with Crippen LogP contribution in [-0.4, -0.2) is 42.0 Å². The molecule has 1 unspecified atom stereocenters. The largest absolute Gasteiger partial charge is 0.480 e. The van der Waals surface area contributed by atoms with Gasteiger partial charge in [-0.05, 0) is 27.2 Å². The standard InChI is InChI=1S/C12H23NO5/c1-5-6-7-17-8-9(10(14)15)13-11(16)18-12(2,3)4/h9H,5-8H2,1-4H3,(H,13,16)(H,14,15). The number of hydrogen-bond donors (Lipinski definition) is 2. The van der Waals surface area contributed by atoms with E-state index in [0.29, 0.717) is 6.61 Å². The van der Waals surface area contributed by atoms with Crippen LogP contribution in [0, 0.1) is 0 Å². The van der Waals surface area contributed by atoms with E-state index < -0.39 is 23.7 Å². The number of unbranched alkanes of at least 4 members (excludes halogenated alkanes) is 1. The number of amides is 1. The summed E-state index contributed by atoms with van der Waals surface area (Å²) in [5.74, 6) is -1.14. The number of hydrogen-bond acceptors (Lipinski definition) is 4. The van der Waals surface area contributed by atoms with E-state index in [4.69, 9.17) is 14.6 Å². The first-order valence-electron chi connectivity index (χ1n) is 6.06. The molecule has 0 aromatic rings. The molecule has 0 aromatic heterocycles. The topological polar surface area (TPSA) is 84.9 Å². The van der Waals surface area contributed by atoms with Gasteiger partial charge in [-0.2, -0.15) is 0 Å². The van der Waals surface area contributed by atoms with Crippen LogP contribution in [0.15, 0.2) is 0 Å². The Bertz CT molecular complexity index is 272. The van der Waals surface area contributed by atoms with Gasteiger partial charge in [0.15, 0.2) is 6.04 Å². The molecule has 0 heterocycles. The molecule has 0 bridgehead atoms. The van der Waals surface area contributed by atoms with Crippen LogP contribution in [0.4, 0.5) is 4.79 Å². The molecule has 18 heavy (non-hydrogen) atoms. The fraction of sp³-hybridized carbons (Fsp3) is 0.833. The van der Waals surface area contributed by atoms with Gasteiger partial charge in [-0.1, -0.05) is 13.3 Å². The predicted octanol–water partition coefficient (Wildman–Crippen LogP) is 1.78. The lowest BCUT2D eigenvalue weighted by Gasteiger charge is -2.21. The highest BCUT2D eigenvalue weighted by Gasteiger charge is 2.23. The minimum atomic E-state index is -1.14. The second-order valence-corrected chi connectivity index (χ2v) is 4.97. The molecular weight excluding hydrogens is 238 g/mol. The lowest BCUT2D eigenvalue weighted by Crippen LogP contribution is -2.46. The van der Waals surface area contributed by atoms with Crippen LogP contribution in [-0.2, 0) is 14.3 Å². The van der Waals surface area contributed by atoms with E-state index in [1.54, 1.807) is 20.8 Å². The quantitative estimate of drug-likeness (QED) is 0.682. The number of rotatable bonds is 7. The van der Waals surface area contributed by atoms with Crippen molar-refractivity contribution in [3.63, 3.8) is 0 Å². The van der Waals surface area contributed by atoms with Crippen molar-refractivity contribution in [2.75, 3.05) is 13.2 Å². The summed E-state index contributed by atoms with van der Waals surface area (Å²) in [5, 5.41) is 11.2. The first-order chi connectivity index (χ1) is 8.26. The van der Waals surface area contributed by atoms with Crippen molar-refractivity contribution in [3.8, 4) is 0 Å². The minimum Gasteiger partial charge on any atom is -0.480 e. The maximum atomic E-state index is 11.4. The van der Waals surface area contributed by atoms with Gasteiger partial charge in [0.2, 0.25) is 0 Å². The third-order valence-electron chi connectivity index (χ3n) is 1.92. The molecule has 0 aliphatic rings. The summed E-state index contributed by atoms with van der Waals surface area (Å²) in [5.41, 5.74) is -0.657. The van der Waals surface area contributed by atoms with Gasteiger partial charge in [0.25, 0.3) is 0 Å². The van der Waals surface area contributed by atoms with E-state index in [2.05, 4.69) is 5.32 Å². The summed E-state index contributed by atoms with van der Waals surface area (Å²) in [6.45, 7) is 7.56. The van der Waals surface area contributed by atoms with Crippen molar-refractivity contribution in [2.45, 2.75) is 52.2 Å². The normalized spacial score (nSPS) is 12.9. The summed E-state index contributed by atoms with van der Waals surface area (Å²) in [6.07, 6.45) is 1.07. The molecule has 0 radical (unpaired) electrons. The molecule has 0 aliphatic carbocycles. The Morgan fingerprint density at radius 2 is 1.94 bits per heavy atom. The zero-order chi connectivity index (χ0) is 14.2. The van der Waals surface area contributed by atoms with Gasteiger partial charge in [-0.25, -0.2) is 9.59 Å². The molecule has 0 aliphatic heterocycles. The number of nitrogens with one attached hydrogen (secondary N) is 1. The van der Waals surface area contributed by atoms with E-state index in [9.17, 15) is 9.59 Å². The molecule has 0 spiro atoms. The number of aliphatic carboxylic acids is 1. The van der Waals surface area contributed by atoms with Crippen molar-refractivity contribution < 1.29 is 24.2 Å². The monoisotopic (exact) mass is 261 g/mol. The summed E-state index contributed by atoms with van der Waals surface area (Å²) in [6, 6.07) is -1.09. The van der Waals surface area contributed by atoms with Crippen LogP contribution < -0.4 is 5.32 Å². The molecule has 0 rings (SSSR count). The van der Waals surface area contributed by atoms with Gasteiger partial charge in [-0.15, -0.1) is 0 Å². The highest BCUT2D eigenvalue weighted by molar-refractivity contribution is 5.80. The maximum absolute atomic E-state index is 11.4. The average Bonchev–Trinajstić information content (AvgIpc) is 2.19. The lowest BCUT2D eigenvalue weighted by atomic mass is 10.2. The van der Waals surface area contributed by atoms with E-state index in [0.717, 1.165) is 12.8 Å². The van der Waals surface area contributed by atoms with Crippen molar-refractivity contribution >= 4 is 12.1 Å². The fourth-order valence-corrected chi connectivity index (χ4v) is 1.07. The second kappa shape index (κ2) is 7.92. The van der Waals surface area contributed by atoms with Crippen molar-refractivity contribution in [1.29, 1.82) is 0 Å². The molecule has 0 saturated heterocycles. The Hall–Kier alpha value is -1.30. The number of carbonyl (C=O) groups is 2. The number of carboxylic acid groups (broad SMARTS) is 1. The van der Waals surface area contributed by atoms with Crippen LogP contribution >= 0.6 is 0 Å². The molecule has 0 fully saturated rings. The van der Waals surface area contributed by atoms with E-state index >= 15 is 0 Å². The Labute approximate surface area is 108 Å². The highest BCUT2D eigenvalue weighted by atomic mass is 16.6. The molecule has 106 valence electrons. The molecule has 1 atom stereocenters. The number of alkyl carbamates (subject to hydrolysis) is 1. The molecule has 0 saturated carbocycles. The minimum absolute atomic E-state index is 0.0609. The number of ether oxygens (including phenoxy) is 2. The van der Waals surface area contributed by atoms with Gasteiger partial charge < -0.3 is 19.9 Å². The van der Waals surface area contributed by atoms with Gasteiger partial charge in [0.1, 0.15) is 5.60 Å². The smallest absolute Gasteiger partial charge is 0.408 e. The van der Waals surface area contributed by atoms with Crippen LogP contribution in [0.5, 0.6) is 0 Å². The van der Waals surface area contributed by atoms with Crippen molar-refractivity contribution in [1.82, 2.24) is 5.32 Å². The SMILES string of the molecule is CCCCOCC(NC(=O)OC(C)(C)C)C(=O)O. The van der Waals surface area contributed by atoms with Crippen molar-refractivity contribution in [3.05, 3.63) is 0 Å². The molecule has 6 heteroatoms. The Balaban J connectivity index is 4.11. The summed E-state index contributed by atoms with van der Waals surface area (Å²) < 4.78 is 10.2. The predicted molar refractivity (Wildman–Crippen MR) is 66.5 cm³/mol. The van der Waals surface area contributed by atoms with Gasteiger partial charge in [0, 0.05) is 6.61 Å². The van der Waals surface area contributed by atoms with Crippen molar-refractivity contribution in [2.24, 2.45) is 0 Å². The number of carbonyl (C=O) groups excluding carboxylic acids is 1. The lowest BCUT2D eigenvalue weighted by molar-refractivity contribution is -0.141. The number of carboxylic acids is 1. The van der Waals surface area contributed by atoms with Gasteiger partial charge in [0.05, 0.1) is 6.61 Å². The molecule has 0 aromatic carbocycles. The third kappa shape index (κ3) is 8.81. The highest BCUT2D eigenvalue weighted by Crippen LogP contribution is 2.06. The zero-order valence-electron chi connectivity index (χ0n) is 11.5.